The van der Waals surface area contributed by atoms with Gasteiger partial charge in [0, 0.05) is 5.75 Å². The number of carbonyl (C=O) groups excluding carboxylic acids is 1. The van der Waals surface area contributed by atoms with Gasteiger partial charge in [-0.25, -0.2) is 4.98 Å². The lowest BCUT2D eigenvalue weighted by Gasteiger charge is -2.26. The molecule has 1 amide bonds. The normalized spacial score (nSPS) is 13.9. The van der Waals surface area contributed by atoms with Crippen molar-refractivity contribution in [1.82, 2.24) is 15.2 Å². The Morgan fingerprint density at radius 2 is 2.11 bits per heavy atom. The lowest BCUT2D eigenvalue weighted by molar-refractivity contribution is -0.123. The number of aromatic nitrogens is 3. The Morgan fingerprint density at radius 3 is 2.68 bits per heavy atom. The van der Waals surface area contributed by atoms with Crippen molar-refractivity contribution in [1.29, 1.82) is 0 Å². The molecule has 0 aliphatic heterocycles. The topological polar surface area (TPSA) is 111 Å². The van der Waals surface area contributed by atoms with Gasteiger partial charge in [-0.2, -0.15) is 5.10 Å². The average molecular weight is 277 g/mol. The Hall–Kier alpha value is -1.86. The molecule has 0 radical (unpaired) electrons. The number of H-pyrrole nitrogens is 1. The summed E-state index contributed by atoms with van der Waals surface area (Å²) in [7, 11) is 0. The maximum atomic E-state index is 11.7. The van der Waals surface area contributed by atoms with Crippen molar-refractivity contribution in [3.8, 4) is 0 Å². The molecule has 1 heterocycles. The molecule has 0 aliphatic rings. The zero-order chi connectivity index (χ0) is 13.7. The highest BCUT2D eigenvalue weighted by atomic mass is 32.2. The Morgan fingerprint density at radius 1 is 1.37 bits per heavy atom. The van der Waals surface area contributed by atoms with Crippen molar-refractivity contribution in [3.05, 3.63) is 42.2 Å². The number of nitrogens with one attached hydrogen (secondary N) is 1. The predicted molar refractivity (Wildman–Crippen MR) is 73.2 cm³/mol. The van der Waals surface area contributed by atoms with E-state index >= 15 is 0 Å². The third-order valence-corrected chi connectivity index (χ3v) is 3.74. The fraction of sp³-hybridized carbons (Fsp3) is 0.250. The molecular weight excluding hydrogens is 262 g/mol. The molecule has 100 valence electrons. The monoisotopic (exact) mass is 277 g/mol. The molecule has 1 aromatic carbocycles. The number of benzene rings is 1. The largest absolute Gasteiger partial charge is 0.368 e. The Balaban J connectivity index is 2.06. The summed E-state index contributed by atoms with van der Waals surface area (Å²) >= 11 is 1.45. The molecule has 0 saturated heterocycles. The number of nitrogens with zero attached hydrogens (tertiary/aromatic N) is 2. The van der Waals surface area contributed by atoms with E-state index in [1.54, 1.807) is 0 Å². The first-order valence-corrected chi connectivity index (χ1v) is 6.74. The van der Waals surface area contributed by atoms with Gasteiger partial charge in [0.2, 0.25) is 5.91 Å². The quantitative estimate of drug-likeness (QED) is 0.670. The molecule has 1 atom stereocenters. The van der Waals surface area contributed by atoms with Crippen LogP contribution >= 0.6 is 11.8 Å². The average Bonchev–Trinajstić information content (AvgIpc) is 2.92. The van der Waals surface area contributed by atoms with E-state index in [4.69, 9.17) is 11.5 Å². The first-order valence-electron chi connectivity index (χ1n) is 5.75. The SMILES string of the molecule is NC(=O)C(N)(CCSc1ncn[nH]1)c1ccccc1. The summed E-state index contributed by atoms with van der Waals surface area (Å²) in [5.74, 6) is 0.0839. The van der Waals surface area contributed by atoms with Gasteiger partial charge in [-0.1, -0.05) is 42.1 Å². The van der Waals surface area contributed by atoms with E-state index in [-0.39, 0.29) is 0 Å². The standard InChI is InChI=1S/C12H15N5OS/c13-10(18)12(14,9-4-2-1-3-5-9)6-7-19-11-15-8-16-17-11/h1-5,8H,6-7,14H2,(H2,13,18)(H,15,16,17). The lowest BCUT2D eigenvalue weighted by Crippen LogP contribution is -2.49. The van der Waals surface area contributed by atoms with Crippen LogP contribution in [-0.2, 0) is 10.3 Å². The Labute approximate surface area is 115 Å². The molecule has 5 N–H and O–H groups in total. The second-order valence-corrected chi connectivity index (χ2v) is 5.17. The minimum Gasteiger partial charge on any atom is -0.368 e. The summed E-state index contributed by atoms with van der Waals surface area (Å²) in [5, 5.41) is 7.18. The summed E-state index contributed by atoms with van der Waals surface area (Å²) in [4.78, 5) is 15.7. The van der Waals surface area contributed by atoms with E-state index in [0.29, 0.717) is 17.3 Å². The Bertz CT molecular complexity index is 530. The fourth-order valence-corrected chi connectivity index (χ4v) is 2.57. The highest BCUT2D eigenvalue weighted by molar-refractivity contribution is 7.99. The van der Waals surface area contributed by atoms with Crippen LogP contribution in [0.25, 0.3) is 0 Å². The summed E-state index contributed by atoms with van der Waals surface area (Å²) < 4.78 is 0. The molecule has 0 saturated carbocycles. The van der Waals surface area contributed by atoms with Gasteiger partial charge in [0.25, 0.3) is 0 Å². The molecule has 7 heteroatoms. The van der Waals surface area contributed by atoms with Crippen LogP contribution in [0.3, 0.4) is 0 Å². The predicted octanol–water partition coefficient (Wildman–Crippen LogP) is 0.626. The van der Waals surface area contributed by atoms with E-state index in [2.05, 4.69) is 15.2 Å². The van der Waals surface area contributed by atoms with Crippen LogP contribution in [0.5, 0.6) is 0 Å². The van der Waals surface area contributed by atoms with Gasteiger partial charge in [-0.3, -0.25) is 9.89 Å². The molecule has 6 nitrogen and oxygen atoms in total. The van der Waals surface area contributed by atoms with E-state index in [9.17, 15) is 4.79 Å². The van der Waals surface area contributed by atoms with Gasteiger partial charge in [-0.05, 0) is 12.0 Å². The zero-order valence-corrected chi connectivity index (χ0v) is 11.1. The number of aromatic amines is 1. The minimum absolute atomic E-state index is 0.428. The number of amides is 1. The van der Waals surface area contributed by atoms with Gasteiger partial charge in [0.05, 0.1) is 0 Å². The van der Waals surface area contributed by atoms with Crippen molar-refractivity contribution >= 4 is 17.7 Å². The summed E-state index contributed by atoms with van der Waals surface area (Å²) in [5.41, 5.74) is 11.2. The maximum absolute atomic E-state index is 11.7. The van der Waals surface area contributed by atoms with Crippen LogP contribution in [-0.4, -0.2) is 26.8 Å². The number of thioether (sulfide) groups is 1. The molecule has 2 aromatic rings. The van der Waals surface area contributed by atoms with Crippen molar-refractivity contribution in [3.63, 3.8) is 0 Å². The second kappa shape index (κ2) is 5.85. The molecule has 1 aromatic heterocycles. The van der Waals surface area contributed by atoms with Crippen LogP contribution in [0.15, 0.2) is 41.8 Å². The summed E-state index contributed by atoms with van der Waals surface area (Å²) in [6, 6.07) is 9.16. The summed E-state index contributed by atoms with van der Waals surface area (Å²) in [6.07, 6.45) is 1.86. The fourth-order valence-electron chi connectivity index (χ4n) is 1.72. The first kappa shape index (κ1) is 13.6. The third-order valence-electron chi connectivity index (χ3n) is 2.86. The molecule has 0 aliphatic carbocycles. The molecule has 1 unspecified atom stereocenters. The number of carbonyl (C=O) groups is 1. The van der Waals surface area contributed by atoms with E-state index in [1.165, 1.54) is 18.1 Å². The second-order valence-electron chi connectivity index (χ2n) is 4.09. The van der Waals surface area contributed by atoms with Crippen molar-refractivity contribution in [2.24, 2.45) is 11.5 Å². The van der Waals surface area contributed by atoms with Crippen LogP contribution in [0.2, 0.25) is 0 Å². The maximum Gasteiger partial charge on any atom is 0.242 e. The first-order chi connectivity index (χ1) is 9.13. The van der Waals surface area contributed by atoms with Crippen LogP contribution < -0.4 is 11.5 Å². The van der Waals surface area contributed by atoms with Crippen LogP contribution in [0, 0.1) is 0 Å². The minimum atomic E-state index is -1.16. The molecule has 0 bridgehead atoms. The van der Waals surface area contributed by atoms with Crippen molar-refractivity contribution in [2.45, 2.75) is 17.1 Å². The Kier molecular flexibility index (Phi) is 4.18. The van der Waals surface area contributed by atoms with E-state index in [1.807, 2.05) is 30.3 Å². The number of primary amides is 1. The van der Waals surface area contributed by atoms with Gasteiger partial charge in [0.15, 0.2) is 5.16 Å². The van der Waals surface area contributed by atoms with Crippen molar-refractivity contribution in [2.75, 3.05) is 5.75 Å². The number of nitrogens with two attached hydrogens (primary N) is 2. The molecular formula is C12H15N5OS. The van der Waals surface area contributed by atoms with Gasteiger partial charge >= 0.3 is 0 Å². The van der Waals surface area contributed by atoms with Crippen molar-refractivity contribution < 1.29 is 4.79 Å². The molecule has 0 fully saturated rings. The molecule has 0 spiro atoms. The smallest absolute Gasteiger partial charge is 0.242 e. The lowest BCUT2D eigenvalue weighted by atomic mass is 9.88. The highest BCUT2D eigenvalue weighted by Crippen LogP contribution is 2.25. The molecule has 19 heavy (non-hydrogen) atoms. The van der Waals surface area contributed by atoms with E-state index < -0.39 is 11.4 Å². The number of hydrogen-bond donors (Lipinski definition) is 3. The van der Waals surface area contributed by atoms with Gasteiger partial charge < -0.3 is 11.5 Å². The van der Waals surface area contributed by atoms with E-state index in [0.717, 1.165) is 5.56 Å². The third kappa shape index (κ3) is 3.12. The summed E-state index contributed by atoms with van der Waals surface area (Å²) in [6.45, 7) is 0. The molecule has 2 rings (SSSR count). The van der Waals surface area contributed by atoms with Gasteiger partial charge in [-0.15, -0.1) is 0 Å². The zero-order valence-electron chi connectivity index (χ0n) is 10.2. The van der Waals surface area contributed by atoms with Crippen LogP contribution in [0.4, 0.5) is 0 Å². The van der Waals surface area contributed by atoms with Crippen LogP contribution in [0.1, 0.15) is 12.0 Å². The van der Waals surface area contributed by atoms with Gasteiger partial charge in [0.1, 0.15) is 11.9 Å². The number of rotatable bonds is 6. The number of hydrogen-bond acceptors (Lipinski definition) is 5. The highest BCUT2D eigenvalue weighted by Gasteiger charge is 2.33.